The molecular weight excluding hydrogens is 494 g/mol. The number of ether oxygens (including phenoxy) is 2. The van der Waals surface area contributed by atoms with E-state index >= 15 is 0 Å². The van der Waals surface area contributed by atoms with Gasteiger partial charge >= 0.3 is 5.97 Å². The average Bonchev–Trinajstić information content (AvgIpc) is 3.58. The third kappa shape index (κ3) is 8.78. The van der Waals surface area contributed by atoms with Gasteiger partial charge in [-0.15, -0.1) is 0 Å². The van der Waals surface area contributed by atoms with Crippen LogP contribution in [0.1, 0.15) is 30.5 Å². The second kappa shape index (κ2) is 14.6. The summed E-state index contributed by atoms with van der Waals surface area (Å²) in [5.41, 5.74) is 1.77. The molecule has 1 saturated heterocycles. The van der Waals surface area contributed by atoms with Crippen LogP contribution in [0.25, 0.3) is 0 Å². The Balaban J connectivity index is 1.71. The third-order valence-corrected chi connectivity index (χ3v) is 7.05. The van der Waals surface area contributed by atoms with E-state index in [0.29, 0.717) is 26.1 Å². The number of H-pyrrole nitrogens is 1. The normalized spacial score (nSPS) is 16.0. The highest BCUT2D eigenvalue weighted by Gasteiger charge is 2.31. The molecule has 0 saturated carbocycles. The van der Waals surface area contributed by atoms with Crippen LogP contribution in [0, 0.1) is 0 Å². The highest BCUT2D eigenvalue weighted by molar-refractivity contribution is 7.98. The number of imidazole rings is 1. The number of carbonyl (C=O) groups is 3. The molecule has 2 aromatic rings. The SMILES string of the molecule is COC(=O)C(CCSC)NC(=O)CN(Cc1cccc(OC)c1)C[C@@H]1CCCN1C(=O)Cc1cnc[nH]1. The molecule has 0 bridgehead atoms. The first kappa shape index (κ1) is 28.5. The van der Waals surface area contributed by atoms with Gasteiger partial charge in [-0.3, -0.25) is 14.5 Å². The number of amides is 2. The molecule has 1 aromatic carbocycles. The van der Waals surface area contributed by atoms with Crippen LogP contribution in [0.5, 0.6) is 5.75 Å². The second-order valence-corrected chi connectivity index (χ2v) is 10.1. The summed E-state index contributed by atoms with van der Waals surface area (Å²) in [6, 6.07) is 7.01. The Kier molecular flexibility index (Phi) is 11.3. The van der Waals surface area contributed by atoms with Crippen LogP contribution in [0.3, 0.4) is 0 Å². The number of aromatic nitrogens is 2. The van der Waals surface area contributed by atoms with Gasteiger partial charge in [0.2, 0.25) is 11.8 Å². The number of hydrogen-bond acceptors (Lipinski definition) is 8. The van der Waals surface area contributed by atoms with Crippen LogP contribution in [0.2, 0.25) is 0 Å². The van der Waals surface area contributed by atoms with E-state index in [9.17, 15) is 14.4 Å². The van der Waals surface area contributed by atoms with Crippen molar-refractivity contribution in [1.82, 2.24) is 25.1 Å². The third-order valence-electron chi connectivity index (χ3n) is 6.40. The maximum Gasteiger partial charge on any atom is 0.328 e. The number of hydrogen-bond donors (Lipinski definition) is 2. The van der Waals surface area contributed by atoms with Crippen molar-refractivity contribution in [1.29, 1.82) is 0 Å². The lowest BCUT2D eigenvalue weighted by Gasteiger charge is -2.31. The molecule has 1 unspecified atom stereocenters. The zero-order valence-corrected chi connectivity index (χ0v) is 22.6. The lowest BCUT2D eigenvalue weighted by Crippen LogP contribution is -2.49. The Labute approximate surface area is 222 Å². The van der Waals surface area contributed by atoms with Gasteiger partial charge < -0.3 is 24.7 Å². The topological polar surface area (TPSA) is 117 Å². The number of rotatable bonds is 14. The minimum Gasteiger partial charge on any atom is -0.497 e. The van der Waals surface area contributed by atoms with Gasteiger partial charge in [0.05, 0.1) is 33.5 Å². The number of likely N-dealkylation sites (tertiary alicyclic amines) is 1. The molecule has 2 N–H and O–H groups in total. The highest BCUT2D eigenvalue weighted by atomic mass is 32.2. The number of nitrogens with zero attached hydrogens (tertiary/aromatic N) is 3. The standard InChI is InChI=1S/C26H37N5O5S/c1-35-22-8-4-6-19(12-22)15-30(17-24(32)29-23(9-11-37-3)26(34)36-2)16-21-7-5-10-31(21)25(33)13-20-14-27-18-28-20/h4,6,8,12,14,18,21,23H,5,7,9-11,13,15-17H2,1-3H3,(H,27,28)(H,29,32)/t21-,23?/m0/s1. The van der Waals surface area contributed by atoms with Gasteiger partial charge in [0.1, 0.15) is 11.8 Å². The minimum atomic E-state index is -0.692. The van der Waals surface area contributed by atoms with Gasteiger partial charge in [-0.1, -0.05) is 12.1 Å². The van der Waals surface area contributed by atoms with Gasteiger partial charge in [0.15, 0.2) is 0 Å². The van der Waals surface area contributed by atoms with E-state index < -0.39 is 12.0 Å². The number of nitrogens with one attached hydrogen (secondary N) is 2. The smallest absolute Gasteiger partial charge is 0.328 e. The first-order valence-electron chi connectivity index (χ1n) is 12.4. The first-order chi connectivity index (χ1) is 17.9. The van der Waals surface area contributed by atoms with E-state index in [-0.39, 0.29) is 30.8 Å². The Bertz CT molecular complexity index is 1020. The fraction of sp³-hybridized carbons (Fsp3) is 0.538. The predicted octanol–water partition coefficient (Wildman–Crippen LogP) is 1.86. The van der Waals surface area contributed by atoms with E-state index in [1.165, 1.54) is 7.11 Å². The first-order valence-corrected chi connectivity index (χ1v) is 13.8. The van der Waals surface area contributed by atoms with Gasteiger partial charge in [0, 0.05) is 37.6 Å². The Morgan fingerprint density at radius 3 is 2.86 bits per heavy atom. The molecule has 2 atom stereocenters. The lowest BCUT2D eigenvalue weighted by atomic mass is 10.1. The summed E-state index contributed by atoms with van der Waals surface area (Å²) in [4.78, 5) is 49.2. The van der Waals surface area contributed by atoms with E-state index in [1.54, 1.807) is 31.4 Å². The van der Waals surface area contributed by atoms with Crippen LogP contribution < -0.4 is 10.1 Å². The molecule has 0 spiro atoms. The van der Waals surface area contributed by atoms with Gasteiger partial charge in [0.25, 0.3) is 0 Å². The van der Waals surface area contributed by atoms with Crippen LogP contribution in [0.4, 0.5) is 0 Å². The lowest BCUT2D eigenvalue weighted by molar-refractivity contribution is -0.145. The molecule has 202 valence electrons. The fourth-order valence-corrected chi connectivity index (χ4v) is 5.05. The molecule has 10 nitrogen and oxygen atoms in total. The molecule has 0 aliphatic carbocycles. The van der Waals surface area contributed by atoms with Gasteiger partial charge in [-0.25, -0.2) is 9.78 Å². The second-order valence-electron chi connectivity index (χ2n) is 9.08. The minimum absolute atomic E-state index is 0.0123. The van der Waals surface area contributed by atoms with Crippen molar-refractivity contribution >= 4 is 29.5 Å². The van der Waals surface area contributed by atoms with Crippen LogP contribution in [-0.4, -0.2) is 95.5 Å². The average molecular weight is 532 g/mol. The zero-order valence-electron chi connectivity index (χ0n) is 21.8. The van der Waals surface area contributed by atoms with Crippen LogP contribution >= 0.6 is 11.8 Å². The number of carbonyl (C=O) groups excluding carboxylic acids is 3. The summed E-state index contributed by atoms with van der Waals surface area (Å²) in [5, 5.41) is 2.85. The Morgan fingerprint density at radius 1 is 1.32 bits per heavy atom. The van der Waals surface area contributed by atoms with Crippen molar-refractivity contribution in [3.8, 4) is 5.75 Å². The molecule has 1 aliphatic rings. The summed E-state index contributed by atoms with van der Waals surface area (Å²) in [6.07, 6.45) is 7.72. The van der Waals surface area contributed by atoms with Crippen LogP contribution in [-0.2, 0) is 32.1 Å². The van der Waals surface area contributed by atoms with Crippen molar-refractivity contribution in [2.75, 3.05) is 45.9 Å². The van der Waals surface area contributed by atoms with Crippen molar-refractivity contribution < 1.29 is 23.9 Å². The predicted molar refractivity (Wildman–Crippen MR) is 142 cm³/mol. The van der Waals surface area contributed by atoms with Crippen molar-refractivity contribution in [3.05, 3.63) is 48.0 Å². The molecule has 2 amide bonds. The summed E-state index contributed by atoms with van der Waals surface area (Å²) in [6.45, 7) is 1.81. The quantitative estimate of drug-likeness (QED) is 0.355. The number of esters is 1. The summed E-state index contributed by atoms with van der Waals surface area (Å²) < 4.78 is 10.3. The molecule has 37 heavy (non-hydrogen) atoms. The Morgan fingerprint density at radius 2 is 2.16 bits per heavy atom. The molecule has 0 radical (unpaired) electrons. The molecule has 3 rings (SSSR count). The summed E-state index contributed by atoms with van der Waals surface area (Å²) in [7, 11) is 2.94. The van der Waals surface area contributed by atoms with E-state index in [4.69, 9.17) is 9.47 Å². The van der Waals surface area contributed by atoms with Gasteiger partial charge in [-0.2, -0.15) is 11.8 Å². The molecule has 1 aromatic heterocycles. The molecular formula is C26H37N5O5S. The number of thioether (sulfide) groups is 1. The van der Waals surface area contributed by atoms with E-state index in [1.807, 2.05) is 40.3 Å². The highest BCUT2D eigenvalue weighted by Crippen LogP contribution is 2.21. The van der Waals surface area contributed by atoms with Crippen molar-refractivity contribution in [3.63, 3.8) is 0 Å². The van der Waals surface area contributed by atoms with Crippen molar-refractivity contribution in [2.24, 2.45) is 0 Å². The largest absolute Gasteiger partial charge is 0.497 e. The molecule has 11 heteroatoms. The maximum absolute atomic E-state index is 13.1. The van der Waals surface area contributed by atoms with Crippen LogP contribution in [0.15, 0.2) is 36.8 Å². The molecule has 1 fully saturated rings. The molecule has 2 heterocycles. The number of aromatic amines is 1. The zero-order chi connectivity index (χ0) is 26.6. The van der Waals surface area contributed by atoms with Crippen molar-refractivity contribution in [2.45, 2.75) is 44.3 Å². The molecule has 1 aliphatic heterocycles. The number of benzene rings is 1. The summed E-state index contributed by atoms with van der Waals surface area (Å²) in [5.74, 6) is 0.798. The Hall–Kier alpha value is -3.05. The van der Waals surface area contributed by atoms with Gasteiger partial charge in [-0.05, 0) is 49.0 Å². The monoisotopic (exact) mass is 531 g/mol. The van der Waals surface area contributed by atoms with E-state index in [0.717, 1.165) is 35.6 Å². The number of methoxy groups -OCH3 is 2. The maximum atomic E-state index is 13.1. The summed E-state index contributed by atoms with van der Waals surface area (Å²) >= 11 is 1.60. The fourth-order valence-electron chi connectivity index (χ4n) is 4.58. The van der Waals surface area contributed by atoms with E-state index in [2.05, 4.69) is 15.3 Å².